The zero-order chi connectivity index (χ0) is 18.5. The van der Waals surface area contributed by atoms with E-state index in [1.807, 2.05) is 43.3 Å². The van der Waals surface area contributed by atoms with E-state index in [0.29, 0.717) is 12.4 Å². The molecule has 2 N–H and O–H groups in total. The minimum absolute atomic E-state index is 0.310. The van der Waals surface area contributed by atoms with Gasteiger partial charge in [0.25, 0.3) is 0 Å². The lowest BCUT2D eigenvalue weighted by Crippen LogP contribution is -2.09. The molecule has 0 unspecified atom stereocenters. The van der Waals surface area contributed by atoms with Crippen molar-refractivity contribution in [3.63, 3.8) is 0 Å². The lowest BCUT2D eigenvalue weighted by atomic mass is 9.98. The Morgan fingerprint density at radius 1 is 0.769 bits per heavy atom. The monoisotopic (exact) mass is 349 g/mol. The zero-order valence-corrected chi connectivity index (χ0v) is 15.3. The predicted octanol–water partition coefficient (Wildman–Crippen LogP) is 3.57. The maximum atomic E-state index is 5.90. The second-order valence-electron chi connectivity index (χ2n) is 6.14. The third-order valence-corrected chi connectivity index (χ3v) is 4.39. The maximum absolute atomic E-state index is 5.90. The van der Waals surface area contributed by atoms with Gasteiger partial charge < -0.3 is 15.2 Å². The molecule has 0 bridgehead atoms. The maximum Gasteiger partial charge on any atom is 0.220 e. The van der Waals surface area contributed by atoms with Crippen molar-refractivity contribution < 1.29 is 9.47 Å². The minimum Gasteiger partial charge on any atom is -0.497 e. The fourth-order valence-corrected chi connectivity index (χ4v) is 2.94. The highest BCUT2D eigenvalue weighted by Gasteiger charge is 2.12. The molecule has 0 aliphatic rings. The van der Waals surface area contributed by atoms with E-state index in [-0.39, 0.29) is 0 Å². The number of aryl methyl sites for hydroxylation is 1. The normalized spacial score (nSPS) is 10.6. The summed E-state index contributed by atoms with van der Waals surface area (Å²) in [6.07, 6.45) is 1.45. The van der Waals surface area contributed by atoms with Gasteiger partial charge in [-0.1, -0.05) is 24.3 Å². The smallest absolute Gasteiger partial charge is 0.220 e. The van der Waals surface area contributed by atoms with E-state index in [9.17, 15) is 0 Å². The molecule has 26 heavy (non-hydrogen) atoms. The van der Waals surface area contributed by atoms with Crippen LogP contribution in [0.5, 0.6) is 11.5 Å². The predicted molar refractivity (Wildman–Crippen MR) is 103 cm³/mol. The van der Waals surface area contributed by atoms with Crippen LogP contribution >= 0.6 is 0 Å². The van der Waals surface area contributed by atoms with Crippen molar-refractivity contribution in [3.8, 4) is 11.5 Å². The van der Waals surface area contributed by atoms with Gasteiger partial charge in [-0.25, -0.2) is 9.97 Å². The highest BCUT2D eigenvalue weighted by atomic mass is 16.5. The van der Waals surface area contributed by atoms with Crippen LogP contribution in [0.25, 0.3) is 0 Å². The van der Waals surface area contributed by atoms with Crippen molar-refractivity contribution in [1.29, 1.82) is 0 Å². The highest BCUT2D eigenvalue weighted by Crippen LogP contribution is 2.22. The Morgan fingerprint density at radius 2 is 1.27 bits per heavy atom. The summed E-state index contributed by atoms with van der Waals surface area (Å²) in [5.41, 5.74) is 11.2. The molecule has 1 heterocycles. The second-order valence-corrected chi connectivity index (χ2v) is 6.14. The first kappa shape index (κ1) is 17.7. The van der Waals surface area contributed by atoms with Crippen molar-refractivity contribution >= 4 is 5.95 Å². The van der Waals surface area contributed by atoms with E-state index in [4.69, 9.17) is 15.2 Å². The molecular formula is C21H23N3O2. The number of aromatic nitrogens is 2. The molecule has 0 spiro atoms. The summed E-state index contributed by atoms with van der Waals surface area (Å²) in [5.74, 6) is 1.99. The van der Waals surface area contributed by atoms with E-state index >= 15 is 0 Å². The number of hydrogen-bond donors (Lipinski definition) is 1. The Hall–Kier alpha value is -3.08. The van der Waals surface area contributed by atoms with Gasteiger partial charge in [0.15, 0.2) is 0 Å². The van der Waals surface area contributed by atoms with Crippen LogP contribution in [-0.2, 0) is 12.8 Å². The van der Waals surface area contributed by atoms with Crippen LogP contribution in [0.15, 0.2) is 48.5 Å². The molecule has 0 fully saturated rings. The standard InChI is InChI=1S/C21H23N3O2/c1-14-19(12-15-4-8-17(25-2)9-5-15)20(24-21(22)23-14)13-16-6-10-18(26-3)11-7-16/h4-11H,12-13H2,1-3H3,(H2,22,23,24). The average Bonchev–Trinajstić information content (AvgIpc) is 2.65. The summed E-state index contributed by atoms with van der Waals surface area (Å²) < 4.78 is 10.5. The van der Waals surface area contributed by atoms with Crippen molar-refractivity contribution in [3.05, 3.63) is 76.6 Å². The Balaban J connectivity index is 1.90. The van der Waals surface area contributed by atoms with Crippen molar-refractivity contribution in [2.45, 2.75) is 19.8 Å². The molecule has 0 atom stereocenters. The first-order valence-electron chi connectivity index (χ1n) is 8.46. The summed E-state index contributed by atoms with van der Waals surface area (Å²) in [7, 11) is 3.33. The number of nitrogen functional groups attached to an aromatic ring is 1. The summed E-state index contributed by atoms with van der Waals surface area (Å²) >= 11 is 0. The van der Waals surface area contributed by atoms with Crippen molar-refractivity contribution in [2.24, 2.45) is 0 Å². The number of methoxy groups -OCH3 is 2. The number of nitrogens with zero attached hydrogens (tertiary/aromatic N) is 2. The van der Waals surface area contributed by atoms with Crippen molar-refractivity contribution in [2.75, 3.05) is 20.0 Å². The Morgan fingerprint density at radius 3 is 1.77 bits per heavy atom. The molecule has 0 radical (unpaired) electrons. The number of hydrogen-bond acceptors (Lipinski definition) is 5. The number of ether oxygens (including phenoxy) is 2. The molecule has 3 rings (SSSR count). The van der Waals surface area contributed by atoms with E-state index in [2.05, 4.69) is 22.1 Å². The fraction of sp³-hybridized carbons (Fsp3) is 0.238. The van der Waals surface area contributed by atoms with Crippen molar-refractivity contribution in [1.82, 2.24) is 9.97 Å². The van der Waals surface area contributed by atoms with E-state index < -0.39 is 0 Å². The Labute approximate surface area is 153 Å². The largest absolute Gasteiger partial charge is 0.497 e. The van der Waals surface area contributed by atoms with Gasteiger partial charge >= 0.3 is 0 Å². The van der Waals surface area contributed by atoms with Crippen LogP contribution in [0.4, 0.5) is 5.95 Å². The first-order chi connectivity index (χ1) is 12.6. The van der Waals surface area contributed by atoms with Gasteiger partial charge in [-0.05, 0) is 47.9 Å². The molecule has 0 amide bonds. The molecule has 5 nitrogen and oxygen atoms in total. The molecule has 0 saturated heterocycles. The average molecular weight is 349 g/mol. The van der Waals surface area contributed by atoms with E-state index in [1.165, 1.54) is 5.56 Å². The summed E-state index contributed by atoms with van der Waals surface area (Å²) in [6.45, 7) is 1.98. The number of rotatable bonds is 6. The third kappa shape index (κ3) is 4.11. The van der Waals surface area contributed by atoms with Gasteiger partial charge in [0.05, 0.1) is 19.9 Å². The lowest BCUT2D eigenvalue weighted by molar-refractivity contribution is 0.414. The SMILES string of the molecule is COc1ccc(Cc2nc(N)nc(C)c2Cc2ccc(OC)cc2)cc1. The van der Waals surface area contributed by atoms with Gasteiger partial charge in [-0.3, -0.25) is 0 Å². The van der Waals surface area contributed by atoms with Crippen LogP contribution in [-0.4, -0.2) is 24.2 Å². The molecular weight excluding hydrogens is 326 g/mol. The van der Waals surface area contributed by atoms with Gasteiger partial charge in [0.1, 0.15) is 11.5 Å². The second kappa shape index (κ2) is 7.87. The van der Waals surface area contributed by atoms with Crippen LogP contribution in [0.1, 0.15) is 28.1 Å². The molecule has 2 aromatic carbocycles. The van der Waals surface area contributed by atoms with E-state index in [1.54, 1.807) is 14.2 Å². The van der Waals surface area contributed by atoms with Gasteiger partial charge in [0.2, 0.25) is 5.95 Å². The molecule has 0 saturated carbocycles. The molecule has 134 valence electrons. The molecule has 1 aromatic heterocycles. The summed E-state index contributed by atoms with van der Waals surface area (Å²) in [5, 5.41) is 0. The van der Waals surface area contributed by atoms with Crippen LogP contribution in [0.2, 0.25) is 0 Å². The van der Waals surface area contributed by atoms with Gasteiger partial charge in [-0.15, -0.1) is 0 Å². The lowest BCUT2D eigenvalue weighted by Gasteiger charge is -2.13. The fourth-order valence-electron chi connectivity index (χ4n) is 2.94. The molecule has 0 aliphatic heterocycles. The zero-order valence-electron chi connectivity index (χ0n) is 15.3. The number of anilines is 1. The summed E-state index contributed by atoms with van der Waals surface area (Å²) in [6, 6.07) is 16.1. The molecule has 0 aliphatic carbocycles. The van der Waals surface area contributed by atoms with Gasteiger partial charge in [-0.2, -0.15) is 0 Å². The quantitative estimate of drug-likeness (QED) is 0.737. The first-order valence-corrected chi connectivity index (χ1v) is 8.46. The molecule has 5 heteroatoms. The van der Waals surface area contributed by atoms with Crippen LogP contribution < -0.4 is 15.2 Å². The Kier molecular flexibility index (Phi) is 5.37. The van der Waals surface area contributed by atoms with Crippen LogP contribution in [0, 0.1) is 6.92 Å². The van der Waals surface area contributed by atoms with E-state index in [0.717, 1.165) is 40.4 Å². The minimum atomic E-state index is 0.310. The Bertz CT molecular complexity index is 875. The number of nitrogens with two attached hydrogens (primary N) is 1. The van der Waals surface area contributed by atoms with Gasteiger partial charge in [0, 0.05) is 18.5 Å². The highest BCUT2D eigenvalue weighted by molar-refractivity contribution is 5.40. The molecule has 3 aromatic rings. The summed E-state index contributed by atoms with van der Waals surface area (Å²) in [4.78, 5) is 8.87. The van der Waals surface area contributed by atoms with Crippen LogP contribution in [0.3, 0.4) is 0 Å². The topological polar surface area (TPSA) is 70.3 Å². The number of benzene rings is 2. The third-order valence-electron chi connectivity index (χ3n) is 4.39.